The smallest absolute Gasteiger partial charge is 0.213 e. The van der Waals surface area contributed by atoms with E-state index in [1.807, 2.05) is 0 Å². The maximum absolute atomic E-state index is 14.0. The predicted octanol–water partition coefficient (Wildman–Crippen LogP) is 3.87. The zero-order valence-corrected chi connectivity index (χ0v) is 13.2. The van der Waals surface area contributed by atoms with E-state index in [0.717, 1.165) is 6.54 Å². The van der Waals surface area contributed by atoms with Gasteiger partial charge in [0, 0.05) is 29.1 Å². The van der Waals surface area contributed by atoms with Gasteiger partial charge < -0.3 is 10.1 Å². The summed E-state index contributed by atoms with van der Waals surface area (Å²) in [7, 11) is 0. The van der Waals surface area contributed by atoms with Crippen LogP contribution in [0.1, 0.15) is 23.6 Å². The molecule has 1 aromatic carbocycles. The number of rotatable bonds is 4. The average molecular weight is 339 g/mol. The second kappa shape index (κ2) is 7.23. The van der Waals surface area contributed by atoms with Crippen molar-refractivity contribution in [1.82, 2.24) is 10.3 Å². The number of benzene rings is 1. The number of pyridine rings is 1. The predicted molar refractivity (Wildman–Crippen MR) is 85.1 cm³/mol. The van der Waals surface area contributed by atoms with E-state index in [1.165, 1.54) is 6.07 Å². The highest BCUT2D eigenvalue weighted by molar-refractivity contribution is 6.30. The summed E-state index contributed by atoms with van der Waals surface area (Å²) in [5, 5.41) is 3.36. The van der Waals surface area contributed by atoms with Crippen LogP contribution in [-0.4, -0.2) is 24.2 Å². The van der Waals surface area contributed by atoms with Crippen molar-refractivity contribution in [3.05, 3.63) is 58.5 Å². The average Bonchev–Trinajstić information content (AvgIpc) is 2.55. The first-order chi connectivity index (χ1) is 11.1. The molecule has 1 saturated heterocycles. The van der Waals surface area contributed by atoms with Crippen molar-refractivity contribution >= 4 is 11.6 Å². The largest absolute Gasteiger partial charge is 0.473 e. The molecule has 0 unspecified atom stereocenters. The lowest BCUT2D eigenvalue weighted by molar-refractivity contribution is 0.226. The quantitative estimate of drug-likeness (QED) is 0.919. The van der Waals surface area contributed by atoms with Crippen molar-refractivity contribution < 1.29 is 13.5 Å². The number of ether oxygens (including phenoxy) is 1. The Bertz CT molecular complexity index is 683. The zero-order chi connectivity index (χ0) is 16.2. The molecule has 6 heteroatoms. The van der Waals surface area contributed by atoms with Gasteiger partial charge in [0.1, 0.15) is 18.6 Å². The van der Waals surface area contributed by atoms with E-state index in [2.05, 4.69) is 10.3 Å². The van der Waals surface area contributed by atoms with E-state index in [4.69, 9.17) is 16.3 Å². The van der Waals surface area contributed by atoms with E-state index in [9.17, 15) is 8.78 Å². The second-order valence-corrected chi connectivity index (χ2v) is 5.98. The molecule has 1 N–H and O–H groups in total. The van der Waals surface area contributed by atoms with Gasteiger partial charge in [-0.1, -0.05) is 23.7 Å². The molecule has 1 aliphatic heterocycles. The van der Waals surface area contributed by atoms with Crippen LogP contribution in [0, 0.1) is 5.82 Å². The summed E-state index contributed by atoms with van der Waals surface area (Å²) in [5.74, 6) is -0.287. The standard InChI is InChI=1S/C17H17ClF2N2O/c18-12-5-4-11(14(19)8-12)10-23-17-3-1-2-16(22-17)13-6-7-21-9-15(13)20/h1-5,8,13,15,21H,6-7,9-10H2/t13-,15-/m1/s1. The fourth-order valence-corrected chi connectivity index (χ4v) is 2.82. The van der Waals surface area contributed by atoms with Crippen LogP contribution in [0.4, 0.5) is 8.78 Å². The molecule has 2 atom stereocenters. The van der Waals surface area contributed by atoms with Gasteiger partial charge in [-0.2, -0.15) is 0 Å². The monoisotopic (exact) mass is 338 g/mol. The highest BCUT2D eigenvalue weighted by Gasteiger charge is 2.27. The molecule has 122 valence electrons. The Morgan fingerprint density at radius 3 is 2.96 bits per heavy atom. The summed E-state index contributed by atoms with van der Waals surface area (Å²) < 4.78 is 33.3. The van der Waals surface area contributed by atoms with Gasteiger partial charge in [-0.05, 0) is 31.2 Å². The van der Waals surface area contributed by atoms with Crippen LogP contribution < -0.4 is 10.1 Å². The number of aromatic nitrogens is 1. The van der Waals surface area contributed by atoms with Gasteiger partial charge in [0.2, 0.25) is 5.88 Å². The Labute approximate surface area is 138 Å². The highest BCUT2D eigenvalue weighted by Crippen LogP contribution is 2.27. The van der Waals surface area contributed by atoms with E-state index in [0.29, 0.717) is 35.1 Å². The number of nitrogens with zero attached hydrogens (tertiary/aromatic N) is 1. The Hall–Kier alpha value is -1.72. The summed E-state index contributed by atoms with van der Waals surface area (Å²) in [5.41, 5.74) is 1.07. The summed E-state index contributed by atoms with van der Waals surface area (Å²) >= 11 is 5.72. The molecule has 1 aromatic heterocycles. The van der Waals surface area contributed by atoms with Crippen LogP contribution in [0.25, 0.3) is 0 Å². The molecule has 0 bridgehead atoms. The molecule has 0 saturated carbocycles. The molecule has 3 rings (SSSR count). The molecule has 1 fully saturated rings. The van der Waals surface area contributed by atoms with Crippen molar-refractivity contribution in [2.75, 3.05) is 13.1 Å². The Balaban J connectivity index is 1.70. The minimum absolute atomic E-state index is 0.0464. The van der Waals surface area contributed by atoms with Crippen LogP contribution in [0.15, 0.2) is 36.4 Å². The molecule has 2 aromatic rings. The van der Waals surface area contributed by atoms with E-state index >= 15 is 0 Å². The van der Waals surface area contributed by atoms with E-state index in [-0.39, 0.29) is 12.5 Å². The lowest BCUT2D eigenvalue weighted by Gasteiger charge is -2.26. The number of alkyl halides is 1. The molecule has 2 heterocycles. The summed E-state index contributed by atoms with van der Waals surface area (Å²) in [4.78, 5) is 4.37. The van der Waals surface area contributed by atoms with Gasteiger partial charge in [0.15, 0.2) is 0 Å². The fraction of sp³-hybridized carbons (Fsp3) is 0.353. The van der Waals surface area contributed by atoms with Gasteiger partial charge in [-0.15, -0.1) is 0 Å². The Morgan fingerprint density at radius 2 is 2.17 bits per heavy atom. The van der Waals surface area contributed by atoms with E-state index in [1.54, 1.807) is 30.3 Å². The molecular formula is C17H17ClF2N2O. The molecular weight excluding hydrogens is 322 g/mol. The van der Waals surface area contributed by atoms with E-state index < -0.39 is 12.0 Å². The first kappa shape index (κ1) is 16.1. The van der Waals surface area contributed by atoms with Crippen LogP contribution in [-0.2, 0) is 6.61 Å². The van der Waals surface area contributed by atoms with Gasteiger partial charge in [0.25, 0.3) is 0 Å². The zero-order valence-electron chi connectivity index (χ0n) is 12.4. The third-order valence-corrected chi connectivity index (χ3v) is 4.16. The Morgan fingerprint density at radius 1 is 1.30 bits per heavy atom. The molecule has 0 aliphatic carbocycles. The summed E-state index contributed by atoms with van der Waals surface area (Å²) in [6, 6.07) is 9.70. The van der Waals surface area contributed by atoms with Crippen LogP contribution >= 0.6 is 11.6 Å². The number of nitrogens with one attached hydrogen (secondary N) is 1. The number of piperidine rings is 1. The molecule has 3 nitrogen and oxygen atoms in total. The van der Waals surface area contributed by atoms with Crippen molar-refractivity contribution in [3.8, 4) is 5.88 Å². The van der Waals surface area contributed by atoms with Gasteiger partial charge in [-0.3, -0.25) is 0 Å². The number of hydrogen-bond acceptors (Lipinski definition) is 3. The lowest BCUT2D eigenvalue weighted by Crippen LogP contribution is -2.37. The minimum Gasteiger partial charge on any atom is -0.473 e. The first-order valence-corrected chi connectivity index (χ1v) is 7.90. The van der Waals surface area contributed by atoms with Gasteiger partial charge in [-0.25, -0.2) is 13.8 Å². The van der Waals surface area contributed by atoms with Gasteiger partial charge >= 0.3 is 0 Å². The van der Waals surface area contributed by atoms with Gasteiger partial charge in [0.05, 0.1) is 5.69 Å². The van der Waals surface area contributed by atoms with Crippen molar-refractivity contribution in [3.63, 3.8) is 0 Å². The first-order valence-electron chi connectivity index (χ1n) is 7.52. The Kier molecular flexibility index (Phi) is 5.08. The number of halogens is 3. The molecule has 0 radical (unpaired) electrons. The minimum atomic E-state index is -0.958. The highest BCUT2D eigenvalue weighted by atomic mass is 35.5. The van der Waals surface area contributed by atoms with Crippen LogP contribution in [0.2, 0.25) is 5.02 Å². The third kappa shape index (κ3) is 3.98. The molecule has 23 heavy (non-hydrogen) atoms. The number of hydrogen-bond donors (Lipinski definition) is 1. The fourth-order valence-electron chi connectivity index (χ4n) is 2.66. The third-order valence-electron chi connectivity index (χ3n) is 3.92. The molecule has 0 amide bonds. The summed E-state index contributed by atoms with van der Waals surface area (Å²) in [6.07, 6.45) is -0.260. The molecule has 0 spiro atoms. The maximum atomic E-state index is 14.0. The maximum Gasteiger partial charge on any atom is 0.213 e. The lowest BCUT2D eigenvalue weighted by atomic mass is 9.92. The SMILES string of the molecule is Fc1cc(Cl)ccc1COc1cccc([C@@H]2CCNC[C@H]2F)n1. The normalized spacial score (nSPS) is 21.2. The summed E-state index contributed by atoms with van der Waals surface area (Å²) in [6.45, 7) is 1.16. The van der Waals surface area contributed by atoms with Crippen LogP contribution in [0.5, 0.6) is 5.88 Å². The van der Waals surface area contributed by atoms with Crippen LogP contribution in [0.3, 0.4) is 0 Å². The van der Waals surface area contributed by atoms with Crippen molar-refractivity contribution in [1.29, 1.82) is 0 Å². The van der Waals surface area contributed by atoms with Crippen molar-refractivity contribution in [2.45, 2.75) is 25.1 Å². The topological polar surface area (TPSA) is 34.1 Å². The second-order valence-electron chi connectivity index (χ2n) is 5.54. The van der Waals surface area contributed by atoms with Crippen molar-refractivity contribution in [2.24, 2.45) is 0 Å². The molecule has 1 aliphatic rings.